The molecule has 196 valence electrons. The van der Waals surface area contributed by atoms with E-state index in [4.69, 9.17) is 5.11 Å². The molecule has 0 aliphatic carbocycles. The lowest BCUT2D eigenvalue weighted by Crippen LogP contribution is -2.33. The molecular formula is C34H49OP. The van der Waals surface area contributed by atoms with Crippen molar-refractivity contribution in [1.29, 1.82) is 0 Å². The molecule has 0 unspecified atom stereocenters. The van der Waals surface area contributed by atoms with Crippen LogP contribution in [0.25, 0.3) is 0 Å². The molecule has 0 aliphatic rings. The first-order chi connectivity index (χ1) is 17.8. The van der Waals surface area contributed by atoms with Crippen LogP contribution >= 0.6 is 7.26 Å². The molecule has 0 saturated heterocycles. The summed E-state index contributed by atoms with van der Waals surface area (Å²) in [6, 6.07) is 34.0. The van der Waals surface area contributed by atoms with E-state index in [-0.39, 0.29) is 6.61 Å². The van der Waals surface area contributed by atoms with Gasteiger partial charge in [0.25, 0.3) is 0 Å². The van der Waals surface area contributed by atoms with E-state index in [9.17, 15) is 0 Å². The largest absolute Gasteiger partial charge is 0.855 e. The van der Waals surface area contributed by atoms with Crippen molar-refractivity contribution in [3.8, 4) is 0 Å². The lowest BCUT2D eigenvalue weighted by atomic mass is 10.1. The van der Waals surface area contributed by atoms with E-state index < -0.39 is 7.26 Å². The third-order valence-electron chi connectivity index (χ3n) is 6.94. The zero-order valence-corrected chi connectivity index (χ0v) is 23.8. The molecule has 0 aliphatic heterocycles. The second-order valence-electron chi connectivity index (χ2n) is 9.72. The minimum absolute atomic E-state index is 0. The Hall–Kier alpha value is -1.95. The Labute approximate surface area is 222 Å². The Kier molecular flexibility index (Phi) is 16.1. The molecule has 3 aromatic carbocycles. The molecule has 0 aromatic heterocycles. The second kappa shape index (κ2) is 19.2. The SMILES string of the molecule is CCCCCCCCCCCCCC[P+](c1ccccc1)(c1ccccc1)c1ccccc1.CC[O-]. The standard InChI is InChI=1S/C32H44P.C2H5O/c1-2-3-4-5-6-7-8-9-10-11-12-22-29-33(30-23-16-13-17-24-30,31-25-18-14-19-26-31)32-27-20-15-21-28-32;1-2-3/h13-21,23-28H,2-12,22,29H2,1H3;2H2,1H3/q+1;-1. The van der Waals surface area contributed by atoms with Gasteiger partial charge in [-0.3, -0.25) is 0 Å². The molecule has 0 bridgehead atoms. The van der Waals surface area contributed by atoms with Crippen molar-refractivity contribution in [2.75, 3.05) is 12.8 Å². The highest BCUT2D eigenvalue weighted by Gasteiger charge is 2.44. The zero-order valence-electron chi connectivity index (χ0n) is 22.9. The predicted molar refractivity (Wildman–Crippen MR) is 162 cm³/mol. The van der Waals surface area contributed by atoms with Gasteiger partial charge in [-0.1, -0.05) is 133 Å². The summed E-state index contributed by atoms with van der Waals surface area (Å²) in [5.74, 6) is 0. The molecule has 0 amide bonds. The summed E-state index contributed by atoms with van der Waals surface area (Å²) in [6.07, 6.45) is 18.1. The summed E-state index contributed by atoms with van der Waals surface area (Å²) in [4.78, 5) is 0. The topological polar surface area (TPSA) is 23.1 Å². The predicted octanol–water partition coefficient (Wildman–Crippen LogP) is 8.05. The van der Waals surface area contributed by atoms with Crippen LogP contribution in [0.1, 0.15) is 90.9 Å². The van der Waals surface area contributed by atoms with Crippen LogP contribution in [0.4, 0.5) is 0 Å². The zero-order chi connectivity index (χ0) is 25.7. The van der Waals surface area contributed by atoms with Crippen LogP contribution in [0.2, 0.25) is 0 Å². The summed E-state index contributed by atoms with van der Waals surface area (Å²) in [6.45, 7) is 3.87. The first-order valence-corrected chi connectivity index (χ1v) is 16.4. The van der Waals surface area contributed by atoms with E-state index in [2.05, 4.69) is 97.9 Å². The fourth-order valence-electron chi connectivity index (χ4n) is 5.07. The average Bonchev–Trinajstić information content (AvgIpc) is 2.93. The Morgan fingerprint density at radius 2 is 0.722 bits per heavy atom. The quantitative estimate of drug-likeness (QED) is 0.143. The molecule has 0 radical (unpaired) electrons. The number of hydrogen-bond donors (Lipinski definition) is 0. The molecule has 0 saturated carbocycles. The van der Waals surface area contributed by atoms with Gasteiger partial charge in [-0.2, -0.15) is 0 Å². The third-order valence-corrected chi connectivity index (χ3v) is 11.5. The van der Waals surface area contributed by atoms with Crippen LogP contribution < -0.4 is 21.0 Å². The van der Waals surface area contributed by atoms with Crippen LogP contribution in [0, 0.1) is 0 Å². The normalized spacial score (nSPS) is 11.1. The van der Waals surface area contributed by atoms with Gasteiger partial charge < -0.3 is 5.11 Å². The number of benzene rings is 3. The van der Waals surface area contributed by atoms with Crippen LogP contribution in [-0.4, -0.2) is 12.8 Å². The molecule has 0 heterocycles. The van der Waals surface area contributed by atoms with Crippen molar-refractivity contribution in [3.63, 3.8) is 0 Å². The summed E-state index contributed by atoms with van der Waals surface area (Å²) in [7, 11) is -1.63. The van der Waals surface area contributed by atoms with E-state index in [1.807, 2.05) is 0 Å². The highest BCUT2D eigenvalue weighted by Crippen LogP contribution is 2.55. The minimum atomic E-state index is -1.63. The lowest BCUT2D eigenvalue weighted by Gasteiger charge is -2.27. The first-order valence-electron chi connectivity index (χ1n) is 14.4. The van der Waals surface area contributed by atoms with E-state index in [1.165, 1.54) is 99.1 Å². The lowest BCUT2D eigenvalue weighted by molar-refractivity contribution is -0.361. The van der Waals surface area contributed by atoms with Crippen LogP contribution in [-0.2, 0) is 0 Å². The Balaban J connectivity index is 0.00000145. The molecular weight excluding hydrogens is 455 g/mol. The average molecular weight is 505 g/mol. The summed E-state index contributed by atoms with van der Waals surface area (Å²) in [5, 5.41) is 13.5. The fraction of sp³-hybridized carbons (Fsp3) is 0.471. The van der Waals surface area contributed by atoms with Crippen LogP contribution in [0.15, 0.2) is 91.0 Å². The van der Waals surface area contributed by atoms with Crippen LogP contribution in [0.5, 0.6) is 0 Å². The van der Waals surface area contributed by atoms with E-state index in [1.54, 1.807) is 6.92 Å². The first kappa shape index (κ1) is 30.3. The van der Waals surface area contributed by atoms with Crippen molar-refractivity contribution < 1.29 is 5.11 Å². The van der Waals surface area contributed by atoms with E-state index in [0.29, 0.717) is 0 Å². The molecule has 36 heavy (non-hydrogen) atoms. The van der Waals surface area contributed by atoms with Gasteiger partial charge in [-0.05, 0) is 49.2 Å². The number of hydrogen-bond acceptors (Lipinski definition) is 1. The highest BCUT2D eigenvalue weighted by atomic mass is 31.2. The van der Waals surface area contributed by atoms with Gasteiger partial charge in [0.05, 0.1) is 6.16 Å². The molecule has 2 heteroatoms. The minimum Gasteiger partial charge on any atom is -0.855 e. The highest BCUT2D eigenvalue weighted by molar-refractivity contribution is 7.95. The molecule has 0 atom stereocenters. The maximum absolute atomic E-state index is 8.93. The fourth-order valence-corrected chi connectivity index (χ4v) is 9.48. The molecule has 0 fully saturated rings. The third kappa shape index (κ3) is 10.2. The van der Waals surface area contributed by atoms with Gasteiger partial charge in [0, 0.05) is 0 Å². The Morgan fingerprint density at radius 1 is 0.444 bits per heavy atom. The van der Waals surface area contributed by atoms with Crippen molar-refractivity contribution in [3.05, 3.63) is 91.0 Å². The van der Waals surface area contributed by atoms with E-state index >= 15 is 0 Å². The van der Waals surface area contributed by atoms with Gasteiger partial charge >= 0.3 is 0 Å². The maximum atomic E-state index is 8.93. The Morgan fingerprint density at radius 3 is 1.03 bits per heavy atom. The summed E-state index contributed by atoms with van der Waals surface area (Å²) < 4.78 is 0. The molecule has 0 N–H and O–H groups in total. The smallest absolute Gasteiger partial charge is 0.112 e. The molecule has 1 nitrogen and oxygen atoms in total. The Bertz CT molecular complexity index is 782. The van der Waals surface area contributed by atoms with Crippen molar-refractivity contribution in [2.45, 2.75) is 90.9 Å². The van der Waals surface area contributed by atoms with Crippen molar-refractivity contribution >= 4 is 23.2 Å². The molecule has 0 spiro atoms. The van der Waals surface area contributed by atoms with Crippen molar-refractivity contribution in [1.82, 2.24) is 0 Å². The summed E-state index contributed by atoms with van der Waals surface area (Å²) >= 11 is 0. The molecule has 3 rings (SSSR count). The van der Waals surface area contributed by atoms with Gasteiger partial charge in [0.15, 0.2) is 0 Å². The second-order valence-corrected chi connectivity index (χ2v) is 13.3. The van der Waals surface area contributed by atoms with E-state index in [0.717, 1.165) is 0 Å². The van der Waals surface area contributed by atoms with Gasteiger partial charge in [-0.25, -0.2) is 0 Å². The van der Waals surface area contributed by atoms with Gasteiger partial charge in [0.2, 0.25) is 0 Å². The number of rotatable bonds is 16. The monoisotopic (exact) mass is 504 g/mol. The van der Waals surface area contributed by atoms with Gasteiger partial charge in [0.1, 0.15) is 23.2 Å². The maximum Gasteiger partial charge on any atom is 0.112 e. The molecule has 3 aromatic rings. The van der Waals surface area contributed by atoms with Crippen LogP contribution in [0.3, 0.4) is 0 Å². The van der Waals surface area contributed by atoms with Gasteiger partial charge in [-0.15, -0.1) is 6.61 Å². The van der Waals surface area contributed by atoms with Crippen molar-refractivity contribution in [2.24, 2.45) is 0 Å². The number of unbranched alkanes of at least 4 members (excludes halogenated alkanes) is 11. The summed E-state index contributed by atoms with van der Waals surface area (Å²) in [5.41, 5.74) is 0.